The number of hydrogen-bond acceptors (Lipinski definition) is 3. The SMILES string of the molecule is C[C@H](Oc1ccc(Cl)cc1)C(=O)N(C)CC(=O)Nc1ccc(F)cc1. The fourth-order valence-electron chi connectivity index (χ4n) is 2.11. The summed E-state index contributed by atoms with van der Waals surface area (Å²) in [7, 11) is 1.51. The van der Waals surface area contributed by atoms with Crippen LogP contribution in [0.15, 0.2) is 48.5 Å². The van der Waals surface area contributed by atoms with E-state index in [9.17, 15) is 14.0 Å². The summed E-state index contributed by atoms with van der Waals surface area (Å²) in [5.74, 6) is -0.613. The predicted molar refractivity (Wildman–Crippen MR) is 94.2 cm³/mol. The van der Waals surface area contributed by atoms with E-state index < -0.39 is 11.9 Å². The number of benzene rings is 2. The third kappa shape index (κ3) is 5.76. The second-order valence-corrected chi connectivity index (χ2v) is 5.90. The van der Waals surface area contributed by atoms with Gasteiger partial charge in [-0.25, -0.2) is 4.39 Å². The molecule has 0 saturated heterocycles. The van der Waals surface area contributed by atoms with Crippen molar-refractivity contribution < 1.29 is 18.7 Å². The third-order valence-corrected chi connectivity index (χ3v) is 3.61. The molecule has 0 bridgehead atoms. The highest BCUT2D eigenvalue weighted by Crippen LogP contribution is 2.17. The van der Waals surface area contributed by atoms with Crippen LogP contribution in [0.3, 0.4) is 0 Å². The number of carbonyl (C=O) groups is 2. The summed E-state index contributed by atoms with van der Waals surface area (Å²) >= 11 is 5.80. The maximum atomic E-state index is 12.8. The van der Waals surface area contributed by atoms with E-state index in [0.29, 0.717) is 16.5 Å². The minimum absolute atomic E-state index is 0.148. The average Bonchev–Trinajstić information content (AvgIpc) is 2.58. The van der Waals surface area contributed by atoms with E-state index in [1.807, 2.05) is 0 Å². The van der Waals surface area contributed by atoms with Gasteiger partial charge in [0.15, 0.2) is 6.10 Å². The van der Waals surface area contributed by atoms with Gasteiger partial charge >= 0.3 is 0 Å². The minimum Gasteiger partial charge on any atom is -0.481 e. The largest absolute Gasteiger partial charge is 0.481 e. The Morgan fingerprint density at radius 2 is 1.76 bits per heavy atom. The minimum atomic E-state index is -0.759. The van der Waals surface area contributed by atoms with E-state index in [-0.39, 0.29) is 18.4 Å². The molecule has 2 rings (SSSR count). The van der Waals surface area contributed by atoms with Gasteiger partial charge in [0.05, 0.1) is 6.54 Å². The molecule has 2 amide bonds. The summed E-state index contributed by atoms with van der Waals surface area (Å²) in [5.41, 5.74) is 0.456. The zero-order valence-corrected chi connectivity index (χ0v) is 14.6. The summed E-state index contributed by atoms with van der Waals surface area (Å²) in [6.07, 6.45) is -0.759. The van der Waals surface area contributed by atoms with E-state index in [0.717, 1.165) is 0 Å². The van der Waals surface area contributed by atoms with E-state index in [4.69, 9.17) is 16.3 Å². The molecule has 0 aliphatic rings. The van der Waals surface area contributed by atoms with Gasteiger partial charge in [-0.05, 0) is 55.5 Å². The van der Waals surface area contributed by atoms with Gasteiger partial charge in [-0.15, -0.1) is 0 Å². The van der Waals surface area contributed by atoms with Gasteiger partial charge in [-0.2, -0.15) is 0 Å². The first kappa shape index (κ1) is 18.7. The van der Waals surface area contributed by atoms with Crippen LogP contribution in [0, 0.1) is 5.82 Å². The number of anilines is 1. The number of likely N-dealkylation sites (N-methyl/N-ethyl adjacent to an activating group) is 1. The molecule has 5 nitrogen and oxygen atoms in total. The molecule has 0 aliphatic carbocycles. The lowest BCUT2D eigenvalue weighted by atomic mass is 10.3. The second kappa shape index (κ2) is 8.48. The highest BCUT2D eigenvalue weighted by molar-refractivity contribution is 6.30. The maximum absolute atomic E-state index is 12.8. The number of carbonyl (C=O) groups excluding carboxylic acids is 2. The van der Waals surface area contributed by atoms with Crippen LogP contribution in [-0.2, 0) is 9.59 Å². The van der Waals surface area contributed by atoms with Gasteiger partial charge in [0.2, 0.25) is 5.91 Å². The number of hydrogen-bond donors (Lipinski definition) is 1. The van der Waals surface area contributed by atoms with Crippen molar-refractivity contribution in [2.45, 2.75) is 13.0 Å². The van der Waals surface area contributed by atoms with Crippen molar-refractivity contribution in [1.29, 1.82) is 0 Å². The molecule has 0 heterocycles. The molecule has 1 atom stereocenters. The summed E-state index contributed by atoms with van der Waals surface area (Å²) < 4.78 is 18.4. The molecule has 0 spiro atoms. The van der Waals surface area contributed by atoms with Crippen LogP contribution in [0.1, 0.15) is 6.92 Å². The normalized spacial score (nSPS) is 11.5. The standard InChI is InChI=1S/C18H18ClFN2O3/c1-12(25-16-9-3-13(19)4-10-16)18(24)22(2)11-17(23)21-15-7-5-14(20)6-8-15/h3-10,12H,11H2,1-2H3,(H,21,23)/t12-/m0/s1. The van der Waals surface area contributed by atoms with Gasteiger partial charge in [-0.1, -0.05) is 11.6 Å². The summed E-state index contributed by atoms with van der Waals surface area (Å²) in [5, 5.41) is 3.17. The first-order valence-corrected chi connectivity index (χ1v) is 7.95. The maximum Gasteiger partial charge on any atom is 0.263 e. The molecule has 0 aromatic heterocycles. The van der Waals surface area contributed by atoms with Crippen LogP contribution in [0.4, 0.5) is 10.1 Å². The first-order valence-electron chi connectivity index (χ1n) is 7.58. The Labute approximate surface area is 150 Å². The van der Waals surface area contributed by atoms with E-state index in [1.54, 1.807) is 31.2 Å². The molecule has 25 heavy (non-hydrogen) atoms. The quantitative estimate of drug-likeness (QED) is 0.855. The zero-order valence-electron chi connectivity index (χ0n) is 13.8. The van der Waals surface area contributed by atoms with Crippen LogP contribution < -0.4 is 10.1 Å². The fourth-order valence-corrected chi connectivity index (χ4v) is 2.23. The Bertz CT molecular complexity index is 735. The fraction of sp³-hybridized carbons (Fsp3) is 0.222. The van der Waals surface area contributed by atoms with Crippen LogP contribution >= 0.6 is 11.6 Å². The Morgan fingerprint density at radius 3 is 2.36 bits per heavy atom. The first-order chi connectivity index (χ1) is 11.8. The van der Waals surface area contributed by atoms with E-state index in [1.165, 1.54) is 36.2 Å². The van der Waals surface area contributed by atoms with Crippen LogP contribution in [0.5, 0.6) is 5.75 Å². The summed E-state index contributed by atoms with van der Waals surface area (Å²) in [4.78, 5) is 25.5. The lowest BCUT2D eigenvalue weighted by Gasteiger charge is -2.21. The summed E-state index contributed by atoms with van der Waals surface area (Å²) in [6.45, 7) is 1.45. The van der Waals surface area contributed by atoms with Crippen molar-refractivity contribution in [3.05, 3.63) is 59.4 Å². The molecular weight excluding hydrogens is 347 g/mol. The third-order valence-electron chi connectivity index (χ3n) is 3.36. The molecule has 132 valence electrons. The van der Waals surface area contributed by atoms with Crippen molar-refractivity contribution in [1.82, 2.24) is 4.90 Å². The smallest absolute Gasteiger partial charge is 0.263 e. The highest BCUT2D eigenvalue weighted by atomic mass is 35.5. The van der Waals surface area contributed by atoms with Gasteiger partial charge in [-0.3, -0.25) is 9.59 Å². The second-order valence-electron chi connectivity index (χ2n) is 5.46. The zero-order chi connectivity index (χ0) is 18.4. The van der Waals surface area contributed by atoms with Gasteiger partial charge in [0, 0.05) is 17.8 Å². The van der Waals surface area contributed by atoms with Crippen LogP contribution in [0.2, 0.25) is 5.02 Å². The molecular formula is C18H18ClFN2O3. The molecule has 1 N–H and O–H groups in total. The van der Waals surface area contributed by atoms with Crippen LogP contribution in [0.25, 0.3) is 0 Å². The van der Waals surface area contributed by atoms with Crippen molar-refractivity contribution in [2.24, 2.45) is 0 Å². The van der Waals surface area contributed by atoms with Crippen molar-refractivity contribution in [2.75, 3.05) is 18.9 Å². The van der Waals surface area contributed by atoms with Gasteiger partial charge in [0.1, 0.15) is 11.6 Å². The van der Waals surface area contributed by atoms with E-state index >= 15 is 0 Å². The Morgan fingerprint density at radius 1 is 1.16 bits per heavy atom. The molecule has 0 fully saturated rings. The molecule has 2 aromatic rings. The average molecular weight is 365 g/mol. The van der Waals surface area contributed by atoms with Crippen molar-refractivity contribution in [3.63, 3.8) is 0 Å². The van der Waals surface area contributed by atoms with E-state index in [2.05, 4.69) is 5.32 Å². The highest BCUT2D eigenvalue weighted by Gasteiger charge is 2.21. The molecule has 7 heteroatoms. The van der Waals surface area contributed by atoms with Gasteiger partial charge < -0.3 is 15.0 Å². The van der Waals surface area contributed by atoms with Gasteiger partial charge in [0.25, 0.3) is 5.91 Å². The number of rotatable bonds is 6. The molecule has 0 unspecified atom stereocenters. The molecule has 0 aliphatic heterocycles. The molecule has 2 aromatic carbocycles. The number of amides is 2. The number of nitrogens with one attached hydrogen (secondary N) is 1. The number of halogens is 2. The number of nitrogens with zero attached hydrogens (tertiary/aromatic N) is 1. The molecule has 0 radical (unpaired) electrons. The van der Waals surface area contributed by atoms with Crippen molar-refractivity contribution in [3.8, 4) is 5.75 Å². The molecule has 0 saturated carbocycles. The number of ether oxygens (including phenoxy) is 1. The summed E-state index contributed by atoms with van der Waals surface area (Å²) in [6, 6.07) is 12.0. The van der Waals surface area contributed by atoms with Crippen molar-refractivity contribution >= 4 is 29.1 Å². The lowest BCUT2D eigenvalue weighted by molar-refractivity contribution is -0.139. The Kier molecular flexibility index (Phi) is 6.36. The monoisotopic (exact) mass is 364 g/mol. The predicted octanol–water partition coefficient (Wildman–Crippen LogP) is 3.34. The Hall–Kier alpha value is -2.60. The van der Waals surface area contributed by atoms with Crippen LogP contribution in [-0.4, -0.2) is 36.4 Å². The lowest BCUT2D eigenvalue weighted by Crippen LogP contribution is -2.41. The topological polar surface area (TPSA) is 58.6 Å². The Balaban J connectivity index is 1.86.